The average molecular weight is 332 g/mol. The number of nitrogens with one attached hydrogen (secondary N) is 1. The largest absolute Gasteiger partial charge is 0.370 e. The molecule has 1 aliphatic rings. The lowest BCUT2D eigenvalue weighted by molar-refractivity contribution is -0.120. The summed E-state index contributed by atoms with van der Waals surface area (Å²) >= 11 is 0. The van der Waals surface area contributed by atoms with Crippen LogP contribution in [0, 0.1) is 11.8 Å². The third kappa shape index (κ3) is 5.12. The van der Waals surface area contributed by atoms with E-state index < -0.39 is 13.6 Å². The van der Waals surface area contributed by atoms with Crippen LogP contribution in [0.5, 0.6) is 0 Å². The van der Waals surface area contributed by atoms with E-state index in [0.29, 0.717) is 6.42 Å². The summed E-state index contributed by atoms with van der Waals surface area (Å²) in [7, 11) is -4.31. The topological polar surface area (TPSA) is 151 Å². The summed E-state index contributed by atoms with van der Waals surface area (Å²) in [6, 6.07) is -0.656. The number of nitrogens with two attached hydrogens (primary N) is 2. The highest BCUT2D eigenvalue weighted by Crippen LogP contribution is 2.51. The molecule has 0 aliphatic heterocycles. The minimum atomic E-state index is -4.31. The predicted molar refractivity (Wildman–Crippen MR) is 84.9 cm³/mol. The number of amides is 1. The van der Waals surface area contributed by atoms with Crippen LogP contribution >= 0.6 is 7.60 Å². The van der Waals surface area contributed by atoms with Crippen molar-refractivity contribution in [2.24, 2.45) is 28.3 Å². The molecule has 0 aromatic rings. The fourth-order valence-electron chi connectivity index (χ4n) is 2.84. The maximum atomic E-state index is 11.5. The number of guanidine groups is 1. The quantitative estimate of drug-likeness (QED) is 0.277. The predicted octanol–water partition coefficient (Wildman–Crippen LogP) is 0.261. The number of hydrogen-bond acceptors (Lipinski definition) is 3. The molecule has 7 N–H and O–H groups in total. The van der Waals surface area contributed by atoms with Crippen LogP contribution in [0.4, 0.5) is 0 Å². The molecule has 8 nitrogen and oxygen atoms in total. The second-order valence-electron chi connectivity index (χ2n) is 5.93. The number of carbonyl (C=O) groups is 1. The van der Waals surface area contributed by atoms with Gasteiger partial charge in [-0.1, -0.05) is 19.9 Å². The van der Waals surface area contributed by atoms with Gasteiger partial charge >= 0.3 is 7.60 Å². The lowest BCUT2D eigenvalue weighted by Crippen LogP contribution is -2.48. The Kier molecular flexibility index (Phi) is 6.17. The Morgan fingerprint density at radius 2 is 2.05 bits per heavy atom. The van der Waals surface area contributed by atoms with Gasteiger partial charge in [0.25, 0.3) is 0 Å². The summed E-state index contributed by atoms with van der Waals surface area (Å²) in [5.41, 5.74) is 10.9. The summed E-state index contributed by atoms with van der Waals surface area (Å²) in [6.07, 6.45) is 2.02. The Morgan fingerprint density at radius 3 is 2.45 bits per heavy atom. The monoisotopic (exact) mass is 332 g/mol. The first-order valence-corrected chi connectivity index (χ1v) is 8.74. The first kappa shape index (κ1) is 18.7. The van der Waals surface area contributed by atoms with Gasteiger partial charge in [0, 0.05) is 30.6 Å². The van der Waals surface area contributed by atoms with Crippen LogP contribution in [0.15, 0.2) is 16.4 Å². The molecule has 3 atom stereocenters. The number of nitrogens with zero attached hydrogens (tertiary/aromatic N) is 1. The minimum absolute atomic E-state index is 0.0454. The van der Waals surface area contributed by atoms with Crippen LogP contribution in [0.2, 0.25) is 0 Å². The van der Waals surface area contributed by atoms with E-state index in [1.807, 2.05) is 13.8 Å². The summed E-state index contributed by atoms with van der Waals surface area (Å²) in [5.74, 6) is -0.281. The highest BCUT2D eigenvalue weighted by Gasteiger charge is 2.38. The van der Waals surface area contributed by atoms with Crippen molar-refractivity contribution in [2.75, 3.05) is 0 Å². The summed E-state index contributed by atoms with van der Waals surface area (Å²) in [4.78, 5) is 34.2. The van der Waals surface area contributed by atoms with Crippen molar-refractivity contribution < 1.29 is 19.1 Å². The van der Waals surface area contributed by atoms with Gasteiger partial charge < -0.3 is 26.6 Å². The van der Waals surface area contributed by atoms with Crippen molar-refractivity contribution in [1.82, 2.24) is 5.32 Å². The Balaban J connectivity index is 3.14. The van der Waals surface area contributed by atoms with Crippen LogP contribution in [0.1, 0.15) is 33.6 Å². The molecule has 0 bridgehead atoms. The highest BCUT2D eigenvalue weighted by molar-refractivity contribution is 7.56. The van der Waals surface area contributed by atoms with Gasteiger partial charge in [0.05, 0.1) is 6.04 Å². The van der Waals surface area contributed by atoms with Crippen molar-refractivity contribution in [3.05, 3.63) is 11.4 Å². The molecular formula is C13H25N4O4P. The lowest BCUT2D eigenvalue weighted by Gasteiger charge is -2.37. The smallest absolute Gasteiger partial charge is 0.351 e. The molecule has 22 heavy (non-hydrogen) atoms. The molecule has 0 fully saturated rings. The van der Waals surface area contributed by atoms with Crippen molar-refractivity contribution in [3.63, 3.8) is 0 Å². The van der Waals surface area contributed by atoms with Gasteiger partial charge in [-0.15, -0.1) is 0 Å². The average Bonchev–Trinajstić information content (AvgIpc) is 2.33. The number of allylic oxidation sites excluding steroid dienone is 1. The molecule has 0 aromatic carbocycles. The van der Waals surface area contributed by atoms with E-state index in [1.54, 1.807) is 6.08 Å². The van der Waals surface area contributed by atoms with Gasteiger partial charge in [-0.3, -0.25) is 9.36 Å². The molecule has 1 amide bonds. The molecule has 0 aromatic heterocycles. The summed E-state index contributed by atoms with van der Waals surface area (Å²) in [5, 5.41) is 2.94. The second kappa shape index (κ2) is 7.26. The molecule has 1 rings (SSSR count). The third-order valence-electron chi connectivity index (χ3n) is 3.78. The van der Waals surface area contributed by atoms with Crippen LogP contribution in [-0.4, -0.2) is 33.7 Å². The summed E-state index contributed by atoms with van der Waals surface area (Å²) < 4.78 is 11.5. The SMILES string of the molecule is CC(=O)N[C@@H](C(C)C)[C@H]1CC=C(P(=O)(O)O)C[C@@H]1N=C(N)N. The lowest BCUT2D eigenvalue weighted by atomic mass is 9.79. The maximum absolute atomic E-state index is 11.5. The van der Waals surface area contributed by atoms with E-state index in [0.717, 1.165) is 0 Å². The molecule has 0 radical (unpaired) electrons. The molecule has 0 heterocycles. The van der Waals surface area contributed by atoms with E-state index in [9.17, 15) is 19.1 Å². The number of hydrogen-bond donors (Lipinski definition) is 5. The molecule has 0 saturated carbocycles. The molecule has 0 spiro atoms. The molecule has 9 heteroatoms. The Labute approximate surface area is 130 Å². The van der Waals surface area contributed by atoms with Crippen molar-refractivity contribution in [1.29, 1.82) is 0 Å². The fraction of sp³-hybridized carbons (Fsp3) is 0.692. The van der Waals surface area contributed by atoms with Crippen LogP contribution in [0.3, 0.4) is 0 Å². The van der Waals surface area contributed by atoms with Gasteiger partial charge in [-0.2, -0.15) is 0 Å². The zero-order valence-electron chi connectivity index (χ0n) is 13.1. The fourth-order valence-corrected chi connectivity index (χ4v) is 3.61. The van der Waals surface area contributed by atoms with E-state index in [4.69, 9.17) is 11.5 Å². The standard InChI is InChI=1S/C13H25N4O4P/c1-7(2)12(16-8(3)18)10-5-4-9(22(19,20)21)6-11(10)17-13(14)15/h4,7,10-12H,5-6H2,1-3H3,(H,16,18)(H4,14,15,17)(H2,19,20,21)/t10-,11-,12-/m0/s1. The first-order chi connectivity index (χ1) is 10.0. The van der Waals surface area contributed by atoms with Gasteiger partial charge in [0.15, 0.2) is 5.96 Å². The normalized spacial score (nSPS) is 23.6. The first-order valence-electron chi connectivity index (χ1n) is 7.13. The van der Waals surface area contributed by atoms with Crippen LogP contribution in [-0.2, 0) is 9.36 Å². The van der Waals surface area contributed by atoms with Crippen molar-refractivity contribution >= 4 is 19.5 Å². The van der Waals surface area contributed by atoms with E-state index >= 15 is 0 Å². The Hall–Kier alpha value is -1.37. The van der Waals surface area contributed by atoms with E-state index in [-0.39, 0.29) is 41.5 Å². The Bertz CT molecular complexity index is 522. The van der Waals surface area contributed by atoms with E-state index in [2.05, 4.69) is 10.3 Å². The van der Waals surface area contributed by atoms with Crippen molar-refractivity contribution in [2.45, 2.75) is 45.7 Å². The van der Waals surface area contributed by atoms with Gasteiger partial charge in [0.2, 0.25) is 5.91 Å². The molecule has 0 unspecified atom stereocenters. The van der Waals surface area contributed by atoms with Crippen molar-refractivity contribution in [3.8, 4) is 0 Å². The molecule has 126 valence electrons. The minimum Gasteiger partial charge on any atom is -0.370 e. The van der Waals surface area contributed by atoms with E-state index in [1.165, 1.54) is 6.92 Å². The molecule has 1 aliphatic carbocycles. The maximum Gasteiger partial charge on any atom is 0.351 e. The van der Waals surface area contributed by atoms with Crippen LogP contribution < -0.4 is 16.8 Å². The summed E-state index contributed by atoms with van der Waals surface area (Å²) in [6.45, 7) is 5.37. The van der Waals surface area contributed by atoms with Gasteiger partial charge in [0.1, 0.15) is 0 Å². The second-order valence-corrected chi connectivity index (χ2v) is 7.60. The molecule has 0 saturated heterocycles. The zero-order valence-corrected chi connectivity index (χ0v) is 14.0. The number of carbonyl (C=O) groups excluding carboxylic acids is 1. The third-order valence-corrected chi connectivity index (χ3v) is 4.89. The highest BCUT2D eigenvalue weighted by atomic mass is 31.2. The Morgan fingerprint density at radius 1 is 1.45 bits per heavy atom. The molecular weight excluding hydrogens is 307 g/mol. The zero-order chi connectivity index (χ0) is 17.1. The number of aliphatic imine (C=N–C) groups is 1. The van der Waals surface area contributed by atoms with Gasteiger partial charge in [-0.25, -0.2) is 4.99 Å². The number of rotatable bonds is 5. The van der Waals surface area contributed by atoms with Gasteiger partial charge in [-0.05, 0) is 12.3 Å². The van der Waals surface area contributed by atoms with Crippen LogP contribution in [0.25, 0.3) is 0 Å².